The number of pyridine rings is 1. The van der Waals surface area contributed by atoms with Crippen LogP contribution in [0.4, 0.5) is 5.82 Å². The van der Waals surface area contributed by atoms with Gasteiger partial charge in [-0.1, -0.05) is 0 Å². The molecule has 4 nitrogen and oxygen atoms in total. The molecule has 0 radical (unpaired) electrons. The summed E-state index contributed by atoms with van der Waals surface area (Å²) in [7, 11) is 0. The fourth-order valence-electron chi connectivity index (χ4n) is 3.04. The van der Waals surface area contributed by atoms with E-state index in [1.165, 1.54) is 31.4 Å². The zero-order valence-electron chi connectivity index (χ0n) is 10.9. The van der Waals surface area contributed by atoms with E-state index in [1.807, 2.05) is 30.9 Å². The second-order valence-electron chi connectivity index (χ2n) is 5.82. The number of aromatic nitrogens is 3. The lowest BCUT2D eigenvalue weighted by atomic mass is 10.1. The predicted molar refractivity (Wildman–Crippen MR) is 74.4 cm³/mol. The molecule has 0 amide bonds. The molecule has 2 fully saturated rings. The number of imidazole rings is 1. The Morgan fingerprint density at radius 1 is 1.11 bits per heavy atom. The van der Waals surface area contributed by atoms with Crippen molar-refractivity contribution in [1.29, 1.82) is 0 Å². The van der Waals surface area contributed by atoms with E-state index in [2.05, 4.69) is 14.5 Å². The third-order valence-corrected chi connectivity index (χ3v) is 4.28. The van der Waals surface area contributed by atoms with Crippen molar-refractivity contribution in [3.8, 4) is 11.3 Å². The Morgan fingerprint density at radius 3 is 2.42 bits per heavy atom. The minimum Gasteiger partial charge on any atom is -0.384 e. The summed E-state index contributed by atoms with van der Waals surface area (Å²) in [6.07, 6.45) is 11.3. The third-order valence-electron chi connectivity index (χ3n) is 4.28. The molecule has 98 valence electrons. The van der Waals surface area contributed by atoms with E-state index in [9.17, 15) is 0 Å². The van der Waals surface area contributed by atoms with Gasteiger partial charge in [0.1, 0.15) is 5.82 Å². The predicted octanol–water partition coefficient (Wildman–Crippen LogP) is 2.89. The van der Waals surface area contributed by atoms with Crippen LogP contribution in [-0.4, -0.2) is 14.5 Å². The van der Waals surface area contributed by atoms with Crippen LogP contribution < -0.4 is 5.73 Å². The summed E-state index contributed by atoms with van der Waals surface area (Å²) in [6.45, 7) is 0. The van der Waals surface area contributed by atoms with Crippen LogP contribution in [0.25, 0.3) is 11.3 Å². The van der Waals surface area contributed by atoms with Gasteiger partial charge in [-0.2, -0.15) is 0 Å². The highest BCUT2D eigenvalue weighted by atomic mass is 15.1. The van der Waals surface area contributed by atoms with Crippen molar-refractivity contribution in [2.45, 2.75) is 31.7 Å². The Bertz CT molecular complexity index is 566. The average Bonchev–Trinajstić information content (AvgIpc) is 3.32. The van der Waals surface area contributed by atoms with E-state index in [0.717, 1.165) is 17.4 Å². The zero-order chi connectivity index (χ0) is 12.8. The SMILES string of the molecule is Nc1ccc(-c2cncn2C(C2CC2)C2CC2)cn1. The maximum absolute atomic E-state index is 5.66. The number of anilines is 1. The second-order valence-corrected chi connectivity index (χ2v) is 5.82. The summed E-state index contributed by atoms with van der Waals surface area (Å²) in [5, 5.41) is 0. The van der Waals surface area contributed by atoms with Crippen LogP contribution in [0.1, 0.15) is 31.7 Å². The molecule has 0 aliphatic heterocycles. The molecule has 2 saturated carbocycles. The molecule has 0 bridgehead atoms. The van der Waals surface area contributed by atoms with Crippen molar-refractivity contribution < 1.29 is 0 Å². The smallest absolute Gasteiger partial charge is 0.123 e. The second kappa shape index (κ2) is 4.08. The number of nitrogens with zero attached hydrogens (tertiary/aromatic N) is 3. The molecular formula is C15H18N4. The number of nitrogens with two attached hydrogens (primary N) is 1. The lowest BCUT2D eigenvalue weighted by molar-refractivity contribution is 0.398. The highest BCUT2D eigenvalue weighted by Crippen LogP contribution is 2.52. The van der Waals surface area contributed by atoms with Crippen LogP contribution in [-0.2, 0) is 0 Å². The van der Waals surface area contributed by atoms with E-state index >= 15 is 0 Å². The molecule has 0 unspecified atom stereocenters. The average molecular weight is 254 g/mol. The first-order chi connectivity index (χ1) is 9.33. The van der Waals surface area contributed by atoms with E-state index in [0.29, 0.717) is 11.9 Å². The first kappa shape index (κ1) is 11.0. The van der Waals surface area contributed by atoms with Crippen LogP contribution >= 0.6 is 0 Å². The Labute approximate surface area is 112 Å². The molecule has 0 aromatic carbocycles. The van der Waals surface area contributed by atoms with Crippen LogP contribution in [0.2, 0.25) is 0 Å². The molecule has 2 heterocycles. The lowest BCUT2D eigenvalue weighted by Crippen LogP contribution is -2.13. The minimum atomic E-state index is 0.566. The van der Waals surface area contributed by atoms with Gasteiger partial charge < -0.3 is 10.3 Å². The topological polar surface area (TPSA) is 56.7 Å². The first-order valence-corrected chi connectivity index (χ1v) is 7.06. The molecule has 2 N–H and O–H groups in total. The normalized spacial score (nSPS) is 19.0. The third kappa shape index (κ3) is 2.01. The van der Waals surface area contributed by atoms with Gasteiger partial charge in [-0.05, 0) is 49.7 Å². The van der Waals surface area contributed by atoms with Crippen molar-refractivity contribution in [2.75, 3.05) is 5.73 Å². The highest BCUT2D eigenvalue weighted by Gasteiger charge is 2.43. The molecule has 4 heteroatoms. The van der Waals surface area contributed by atoms with Gasteiger partial charge >= 0.3 is 0 Å². The number of hydrogen-bond acceptors (Lipinski definition) is 3. The number of rotatable bonds is 4. The quantitative estimate of drug-likeness (QED) is 0.912. The molecule has 2 aliphatic carbocycles. The van der Waals surface area contributed by atoms with E-state index in [4.69, 9.17) is 5.73 Å². The maximum atomic E-state index is 5.66. The zero-order valence-corrected chi connectivity index (χ0v) is 10.9. The van der Waals surface area contributed by atoms with Gasteiger partial charge in [0, 0.05) is 17.8 Å². The summed E-state index contributed by atoms with van der Waals surface area (Å²) < 4.78 is 2.38. The summed E-state index contributed by atoms with van der Waals surface area (Å²) in [5.41, 5.74) is 7.95. The molecule has 0 atom stereocenters. The van der Waals surface area contributed by atoms with Gasteiger partial charge in [-0.3, -0.25) is 0 Å². The maximum Gasteiger partial charge on any atom is 0.123 e. The summed E-state index contributed by atoms with van der Waals surface area (Å²) in [5.74, 6) is 2.29. The summed E-state index contributed by atoms with van der Waals surface area (Å²) >= 11 is 0. The molecule has 0 spiro atoms. The number of hydrogen-bond donors (Lipinski definition) is 1. The minimum absolute atomic E-state index is 0.566. The molecule has 4 rings (SSSR count). The van der Waals surface area contributed by atoms with Crippen LogP contribution in [0.15, 0.2) is 30.9 Å². The molecule has 2 aromatic heterocycles. The molecule has 19 heavy (non-hydrogen) atoms. The van der Waals surface area contributed by atoms with Crippen LogP contribution in [0.5, 0.6) is 0 Å². The Kier molecular flexibility index (Phi) is 2.37. The van der Waals surface area contributed by atoms with Crippen molar-refractivity contribution in [1.82, 2.24) is 14.5 Å². The summed E-state index contributed by atoms with van der Waals surface area (Å²) in [6, 6.07) is 4.54. The van der Waals surface area contributed by atoms with E-state index < -0.39 is 0 Å². The largest absolute Gasteiger partial charge is 0.384 e. The fourth-order valence-corrected chi connectivity index (χ4v) is 3.04. The fraction of sp³-hybridized carbons (Fsp3) is 0.467. The van der Waals surface area contributed by atoms with Gasteiger partial charge in [-0.25, -0.2) is 9.97 Å². The van der Waals surface area contributed by atoms with Crippen LogP contribution in [0.3, 0.4) is 0 Å². The monoisotopic (exact) mass is 254 g/mol. The number of nitrogen functional groups attached to an aromatic ring is 1. The molecule has 2 aromatic rings. The van der Waals surface area contributed by atoms with Gasteiger partial charge in [0.25, 0.3) is 0 Å². The van der Waals surface area contributed by atoms with Crippen molar-refractivity contribution in [3.63, 3.8) is 0 Å². The Morgan fingerprint density at radius 2 is 1.84 bits per heavy atom. The summed E-state index contributed by atoms with van der Waals surface area (Å²) in [4.78, 5) is 8.56. The molecule has 0 saturated heterocycles. The molecule has 2 aliphatic rings. The van der Waals surface area contributed by atoms with Gasteiger partial charge in [0.05, 0.1) is 18.2 Å². The standard InChI is InChI=1S/C15H18N4/c16-14-6-5-12(7-18-14)13-8-17-9-19(13)15(10-1-2-10)11-3-4-11/h5-11,15H,1-4H2,(H2,16,18). The van der Waals surface area contributed by atoms with E-state index in [-0.39, 0.29) is 0 Å². The van der Waals surface area contributed by atoms with Gasteiger partial charge in [0.15, 0.2) is 0 Å². The van der Waals surface area contributed by atoms with Gasteiger partial charge in [-0.15, -0.1) is 0 Å². The van der Waals surface area contributed by atoms with Crippen molar-refractivity contribution in [3.05, 3.63) is 30.9 Å². The van der Waals surface area contributed by atoms with Crippen molar-refractivity contribution >= 4 is 5.82 Å². The van der Waals surface area contributed by atoms with Crippen LogP contribution in [0, 0.1) is 11.8 Å². The van der Waals surface area contributed by atoms with Gasteiger partial charge in [0.2, 0.25) is 0 Å². The van der Waals surface area contributed by atoms with E-state index in [1.54, 1.807) is 0 Å². The lowest BCUT2D eigenvalue weighted by Gasteiger charge is -2.20. The van der Waals surface area contributed by atoms with Crippen molar-refractivity contribution in [2.24, 2.45) is 11.8 Å². The Hall–Kier alpha value is -1.84. The first-order valence-electron chi connectivity index (χ1n) is 7.06. The Balaban J connectivity index is 1.73. The highest BCUT2D eigenvalue weighted by molar-refractivity contribution is 5.59. The molecular weight excluding hydrogens is 236 g/mol.